The normalized spacial score (nSPS) is 30.3. The molecule has 2 fully saturated rings. The molecule has 2 saturated carbocycles. The van der Waals surface area contributed by atoms with Gasteiger partial charge in [-0.05, 0) is 60.8 Å². The molecule has 4 aliphatic rings. The van der Waals surface area contributed by atoms with Crippen molar-refractivity contribution in [2.75, 3.05) is 40.5 Å². The third-order valence-electron chi connectivity index (χ3n) is 9.03. The smallest absolute Gasteiger partial charge is 0.247 e. The van der Waals surface area contributed by atoms with E-state index in [0.29, 0.717) is 52.4 Å². The molecule has 0 saturated heterocycles. The fourth-order valence-electron chi connectivity index (χ4n) is 7.22. The van der Waals surface area contributed by atoms with Crippen LogP contribution in [0.3, 0.4) is 0 Å². The van der Waals surface area contributed by atoms with Crippen LogP contribution in [0.25, 0.3) is 0 Å². The number of carbonyl (C=O) groups excluding carboxylic acids is 2. The van der Waals surface area contributed by atoms with Crippen molar-refractivity contribution >= 4 is 11.8 Å². The van der Waals surface area contributed by atoms with E-state index < -0.39 is 30.1 Å². The number of ether oxygens (including phenoxy) is 3. The zero-order chi connectivity index (χ0) is 27.7. The average Bonchev–Trinajstić information content (AvgIpc) is 3.67. The summed E-state index contributed by atoms with van der Waals surface area (Å²) in [5.41, 5.74) is 1.56. The number of benzene rings is 1. The van der Waals surface area contributed by atoms with Gasteiger partial charge in [-0.15, -0.1) is 0 Å². The molecule has 2 amide bonds. The molecule has 7 atom stereocenters. The third kappa shape index (κ3) is 5.27. The predicted molar refractivity (Wildman–Crippen MR) is 141 cm³/mol. The lowest BCUT2D eigenvalue weighted by Crippen LogP contribution is -2.56. The van der Waals surface area contributed by atoms with Crippen molar-refractivity contribution in [3.8, 4) is 11.5 Å². The highest BCUT2D eigenvalue weighted by Crippen LogP contribution is 2.52. The predicted octanol–water partition coefficient (Wildman–Crippen LogP) is 1.11. The second-order valence-corrected chi connectivity index (χ2v) is 11.2. The molecular weight excluding hydrogens is 504 g/mol. The maximum absolute atomic E-state index is 13.8. The number of fused-ring (bicyclic) bond motifs is 5. The zero-order valence-corrected chi connectivity index (χ0v) is 22.7. The van der Waals surface area contributed by atoms with E-state index in [1.165, 1.54) is 26.4 Å². The molecular formula is C29H40N2O8. The standard InChI is InChI=1S/C29H40N2O8/c1-37-8-6-31(24(34)13-19-10-16-3-4-18(19)9-16)22-14-21(29(36)30-5-7-32)25-20-11-17(15-33)12-23(38-2)27(20)39-28(25)26(22)35/h11-12,14,16,18-19,22,25-26,28,32-33,35H,3-10,13,15H2,1-2H3,(H,30,36). The number of rotatable bonds is 11. The van der Waals surface area contributed by atoms with Gasteiger partial charge in [0.05, 0.1) is 38.9 Å². The van der Waals surface area contributed by atoms with E-state index >= 15 is 0 Å². The Hall–Kier alpha value is -2.66. The average molecular weight is 545 g/mol. The van der Waals surface area contributed by atoms with Crippen LogP contribution in [0.5, 0.6) is 11.5 Å². The molecule has 0 aromatic heterocycles. The van der Waals surface area contributed by atoms with Gasteiger partial charge in [0.1, 0.15) is 12.2 Å². The number of nitrogens with one attached hydrogen (secondary N) is 1. The molecule has 0 radical (unpaired) electrons. The van der Waals surface area contributed by atoms with Crippen molar-refractivity contribution in [1.82, 2.24) is 10.2 Å². The minimum absolute atomic E-state index is 0.0606. The van der Waals surface area contributed by atoms with Crippen molar-refractivity contribution in [2.45, 2.75) is 62.9 Å². The molecule has 10 heteroatoms. The maximum atomic E-state index is 13.8. The van der Waals surface area contributed by atoms with Crippen LogP contribution < -0.4 is 14.8 Å². The van der Waals surface area contributed by atoms with E-state index in [0.717, 1.165) is 6.42 Å². The Morgan fingerprint density at radius 3 is 2.64 bits per heavy atom. The van der Waals surface area contributed by atoms with Gasteiger partial charge < -0.3 is 39.7 Å². The number of methoxy groups -OCH3 is 2. The number of carbonyl (C=O) groups is 2. The quantitative estimate of drug-likeness (QED) is 0.325. The van der Waals surface area contributed by atoms with Gasteiger partial charge in [0, 0.05) is 37.8 Å². The van der Waals surface area contributed by atoms with Gasteiger partial charge in [-0.1, -0.05) is 6.42 Å². The molecule has 214 valence electrons. The summed E-state index contributed by atoms with van der Waals surface area (Å²) in [5, 5.41) is 33.6. The highest BCUT2D eigenvalue weighted by atomic mass is 16.5. The second kappa shape index (κ2) is 11.8. The van der Waals surface area contributed by atoms with E-state index in [4.69, 9.17) is 14.2 Å². The lowest BCUT2D eigenvalue weighted by Gasteiger charge is -2.41. The summed E-state index contributed by atoms with van der Waals surface area (Å²) in [5.74, 6) is 1.33. The molecule has 1 heterocycles. The highest BCUT2D eigenvalue weighted by Gasteiger charge is 2.52. The van der Waals surface area contributed by atoms with Crippen LogP contribution >= 0.6 is 0 Å². The number of hydrogen-bond donors (Lipinski definition) is 4. The van der Waals surface area contributed by atoms with E-state index in [1.54, 1.807) is 30.2 Å². The molecule has 10 nitrogen and oxygen atoms in total. The molecule has 0 spiro atoms. The van der Waals surface area contributed by atoms with Gasteiger partial charge >= 0.3 is 0 Å². The van der Waals surface area contributed by atoms with Crippen LogP contribution in [-0.4, -0.2) is 90.8 Å². The van der Waals surface area contributed by atoms with Gasteiger partial charge in [0.2, 0.25) is 11.8 Å². The second-order valence-electron chi connectivity index (χ2n) is 11.2. The molecule has 5 rings (SSSR count). The molecule has 1 aromatic rings. The fourth-order valence-corrected chi connectivity index (χ4v) is 7.22. The fraction of sp³-hybridized carbons (Fsp3) is 0.655. The number of amides is 2. The van der Waals surface area contributed by atoms with Crippen LogP contribution in [0.1, 0.15) is 49.1 Å². The van der Waals surface area contributed by atoms with Gasteiger partial charge in [0.25, 0.3) is 0 Å². The molecule has 39 heavy (non-hydrogen) atoms. The Labute approximate surface area is 228 Å². The molecule has 2 bridgehead atoms. The Morgan fingerprint density at radius 1 is 1.18 bits per heavy atom. The van der Waals surface area contributed by atoms with E-state index in [1.807, 2.05) is 0 Å². The SMILES string of the molecule is COCCN(C(=O)CC1CC2CCC1C2)C1C=C(C(=O)NCCO)C2c3cc(CO)cc(OC)c3OC2C1O. The largest absolute Gasteiger partial charge is 0.493 e. The first kappa shape index (κ1) is 27.9. The topological polar surface area (TPSA) is 138 Å². The van der Waals surface area contributed by atoms with Crippen LogP contribution in [0.2, 0.25) is 0 Å². The van der Waals surface area contributed by atoms with Crippen molar-refractivity contribution in [3.05, 3.63) is 34.9 Å². The van der Waals surface area contributed by atoms with Crippen LogP contribution in [0, 0.1) is 17.8 Å². The summed E-state index contributed by atoms with van der Waals surface area (Å²) < 4.78 is 17.1. The summed E-state index contributed by atoms with van der Waals surface area (Å²) in [4.78, 5) is 28.8. The molecule has 1 aromatic carbocycles. The Balaban J connectivity index is 1.50. The van der Waals surface area contributed by atoms with E-state index in [9.17, 15) is 24.9 Å². The molecule has 7 unspecified atom stereocenters. The first-order valence-electron chi connectivity index (χ1n) is 14.0. The zero-order valence-electron chi connectivity index (χ0n) is 22.7. The van der Waals surface area contributed by atoms with E-state index in [-0.39, 0.29) is 38.8 Å². The van der Waals surface area contributed by atoms with Crippen molar-refractivity contribution in [2.24, 2.45) is 17.8 Å². The lowest BCUT2D eigenvalue weighted by atomic mass is 9.77. The Bertz CT molecular complexity index is 1110. The van der Waals surface area contributed by atoms with Crippen LogP contribution in [-0.2, 0) is 20.9 Å². The van der Waals surface area contributed by atoms with Crippen molar-refractivity contribution < 1.29 is 39.1 Å². The monoisotopic (exact) mass is 544 g/mol. The summed E-state index contributed by atoms with van der Waals surface area (Å²) in [6.07, 6.45) is 4.80. The molecule has 3 aliphatic carbocycles. The minimum atomic E-state index is -1.13. The van der Waals surface area contributed by atoms with Gasteiger partial charge in [-0.2, -0.15) is 0 Å². The van der Waals surface area contributed by atoms with Gasteiger partial charge in [-0.3, -0.25) is 9.59 Å². The summed E-state index contributed by atoms with van der Waals surface area (Å²) in [7, 11) is 3.06. The van der Waals surface area contributed by atoms with Crippen LogP contribution in [0.4, 0.5) is 0 Å². The highest BCUT2D eigenvalue weighted by molar-refractivity contribution is 5.96. The number of hydrogen-bond acceptors (Lipinski definition) is 8. The number of aliphatic hydroxyl groups excluding tert-OH is 3. The molecule has 4 N–H and O–H groups in total. The van der Waals surface area contributed by atoms with Crippen molar-refractivity contribution in [1.29, 1.82) is 0 Å². The van der Waals surface area contributed by atoms with Crippen molar-refractivity contribution in [3.63, 3.8) is 0 Å². The first-order chi connectivity index (χ1) is 18.9. The van der Waals surface area contributed by atoms with Gasteiger partial charge in [-0.25, -0.2) is 0 Å². The van der Waals surface area contributed by atoms with E-state index in [2.05, 4.69) is 5.32 Å². The number of aliphatic hydroxyl groups is 3. The summed E-state index contributed by atoms with van der Waals surface area (Å²) in [6, 6.07) is 2.62. The Kier molecular flexibility index (Phi) is 8.46. The van der Waals surface area contributed by atoms with Gasteiger partial charge in [0.15, 0.2) is 11.5 Å². The first-order valence-corrected chi connectivity index (χ1v) is 14.0. The molecule has 1 aliphatic heterocycles. The van der Waals surface area contributed by atoms with Crippen LogP contribution in [0.15, 0.2) is 23.8 Å². The minimum Gasteiger partial charge on any atom is -0.493 e. The number of nitrogens with zero attached hydrogens (tertiary/aromatic N) is 1. The summed E-state index contributed by atoms with van der Waals surface area (Å²) >= 11 is 0. The third-order valence-corrected chi connectivity index (χ3v) is 9.03. The summed E-state index contributed by atoms with van der Waals surface area (Å²) in [6.45, 7) is 0.155. The lowest BCUT2D eigenvalue weighted by molar-refractivity contribution is -0.139. The Morgan fingerprint density at radius 2 is 2.00 bits per heavy atom. The maximum Gasteiger partial charge on any atom is 0.247 e.